The molecular formula is C21H19Cl2F6N3O4. The molecule has 0 spiro atoms. The van der Waals surface area contributed by atoms with E-state index < -0.39 is 40.5 Å². The van der Waals surface area contributed by atoms with Crippen molar-refractivity contribution in [1.29, 1.82) is 0 Å². The van der Waals surface area contributed by atoms with Crippen molar-refractivity contribution in [2.45, 2.75) is 24.4 Å². The third-order valence-electron chi connectivity index (χ3n) is 4.78. The SMILES string of the molecule is COc1ccc(CCNC(=O)NC(NC(=O)c2ccc(Cl)cc2Cl)(C(F)(F)F)C(F)(F)F)cc1OC. The van der Waals surface area contributed by atoms with Gasteiger partial charge in [0.1, 0.15) is 0 Å². The highest BCUT2D eigenvalue weighted by molar-refractivity contribution is 6.36. The summed E-state index contributed by atoms with van der Waals surface area (Å²) >= 11 is 11.4. The maximum absolute atomic E-state index is 13.8. The molecule has 0 fully saturated rings. The van der Waals surface area contributed by atoms with Crippen molar-refractivity contribution < 1.29 is 45.4 Å². The van der Waals surface area contributed by atoms with Gasteiger partial charge in [-0.1, -0.05) is 29.3 Å². The second-order valence-electron chi connectivity index (χ2n) is 7.14. The Morgan fingerprint density at radius 2 is 1.47 bits per heavy atom. The van der Waals surface area contributed by atoms with E-state index in [9.17, 15) is 35.9 Å². The Morgan fingerprint density at radius 1 is 0.861 bits per heavy atom. The number of methoxy groups -OCH3 is 2. The van der Waals surface area contributed by atoms with Gasteiger partial charge < -0.3 is 20.1 Å². The first-order valence-electron chi connectivity index (χ1n) is 9.83. The Hall–Kier alpha value is -3.06. The number of hydrogen-bond donors (Lipinski definition) is 3. The van der Waals surface area contributed by atoms with Gasteiger partial charge in [0.05, 0.1) is 24.8 Å². The van der Waals surface area contributed by atoms with E-state index >= 15 is 0 Å². The second kappa shape index (κ2) is 11.3. The van der Waals surface area contributed by atoms with Crippen molar-refractivity contribution in [3.8, 4) is 11.5 Å². The topological polar surface area (TPSA) is 88.7 Å². The van der Waals surface area contributed by atoms with Crippen LogP contribution in [0.3, 0.4) is 0 Å². The lowest BCUT2D eigenvalue weighted by molar-refractivity contribution is -0.310. The molecular weight excluding hydrogens is 543 g/mol. The van der Waals surface area contributed by atoms with Crippen molar-refractivity contribution in [2.24, 2.45) is 0 Å². The van der Waals surface area contributed by atoms with Gasteiger partial charge in [-0.05, 0) is 42.3 Å². The highest BCUT2D eigenvalue weighted by Gasteiger charge is 2.73. The van der Waals surface area contributed by atoms with E-state index in [-0.39, 0.29) is 18.0 Å². The molecule has 0 bridgehead atoms. The number of amides is 3. The molecule has 0 heterocycles. The minimum absolute atomic E-state index is 0.0126. The van der Waals surface area contributed by atoms with Crippen LogP contribution in [0.5, 0.6) is 11.5 Å². The summed E-state index contributed by atoms with van der Waals surface area (Å²) in [4.78, 5) is 24.5. The maximum atomic E-state index is 13.8. The summed E-state index contributed by atoms with van der Waals surface area (Å²) in [5, 5.41) is 3.05. The van der Waals surface area contributed by atoms with Crippen LogP contribution in [0.4, 0.5) is 31.1 Å². The minimum Gasteiger partial charge on any atom is -0.493 e. The summed E-state index contributed by atoms with van der Waals surface area (Å²) in [6.45, 7) is -0.357. The number of nitrogens with one attached hydrogen (secondary N) is 3. The van der Waals surface area contributed by atoms with Gasteiger partial charge in [0.2, 0.25) is 0 Å². The van der Waals surface area contributed by atoms with Crippen LogP contribution in [0, 0.1) is 0 Å². The first kappa shape index (κ1) is 29.2. The Kier molecular flexibility index (Phi) is 9.18. The van der Waals surface area contributed by atoms with Gasteiger partial charge in [-0.15, -0.1) is 0 Å². The van der Waals surface area contributed by atoms with E-state index in [0.29, 0.717) is 17.1 Å². The number of carbonyl (C=O) groups excluding carboxylic acids is 2. The number of rotatable bonds is 8. The molecule has 0 aliphatic rings. The molecule has 0 aliphatic heterocycles. The highest BCUT2D eigenvalue weighted by Crippen LogP contribution is 2.41. The fourth-order valence-corrected chi connectivity index (χ4v) is 3.45. The van der Waals surface area contributed by atoms with E-state index in [1.54, 1.807) is 6.07 Å². The fourth-order valence-electron chi connectivity index (χ4n) is 2.96. The van der Waals surface area contributed by atoms with Gasteiger partial charge >= 0.3 is 24.0 Å². The number of ether oxygens (including phenoxy) is 2. The van der Waals surface area contributed by atoms with Gasteiger partial charge in [-0.2, -0.15) is 26.3 Å². The molecule has 0 aromatic heterocycles. The molecule has 2 aromatic rings. The average molecular weight is 562 g/mol. The van der Waals surface area contributed by atoms with Crippen LogP contribution in [0.25, 0.3) is 0 Å². The molecule has 0 saturated heterocycles. The van der Waals surface area contributed by atoms with Gasteiger partial charge in [0, 0.05) is 11.6 Å². The van der Waals surface area contributed by atoms with E-state index in [2.05, 4.69) is 0 Å². The molecule has 0 unspecified atom stereocenters. The number of carbonyl (C=O) groups is 2. The molecule has 3 N–H and O–H groups in total. The number of hydrogen-bond acceptors (Lipinski definition) is 4. The zero-order chi connectivity index (χ0) is 27.3. The van der Waals surface area contributed by atoms with Gasteiger partial charge in [0.25, 0.3) is 5.91 Å². The lowest BCUT2D eigenvalue weighted by Crippen LogP contribution is -2.77. The molecule has 0 atom stereocenters. The highest BCUT2D eigenvalue weighted by atomic mass is 35.5. The van der Waals surface area contributed by atoms with Crippen LogP contribution >= 0.6 is 23.2 Å². The summed E-state index contributed by atoms with van der Waals surface area (Å²) in [6, 6.07) is 5.60. The standard InChI is InChI=1S/C21H19Cl2F6N3O4/c1-35-15-6-3-11(9-16(15)36-2)7-8-30-18(34)32-19(20(24,25)26,21(27,28)29)31-17(33)13-5-4-12(22)10-14(13)23/h3-6,9-10H,7-8H2,1-2H3,(H,31,33)(H2,30,32,34). The maximum Gasteiger partial charge on any atom is 0.439 e. The van der Waals surface area contributed by atoms with Gasteiger partial charge in [-0.25, -0.2) is 4.79 Å². The van der Waals surface area contributed by atoms with Gasteiger partial charge in [-0.3, -0.25) is 10.1 Å². The molecule has 198 valence electrons. The smallest absolute Gasteiger partial charge is 0.439 e. The van der Waals surface area contributed by atoms with Crippen LogP contribution < -0.4 is 25.4 Å². The second-order valence-corrected chi connectivity index (χ2v) is 7.99. The molecule has 2 rings (SSSR count). The fraction of sp³-hybridized carbons (Fsp3) is 0.333. The number of alkyl halides is 6. The van der Waals surface area contributed by atoms with E-state index in [0.717, 1.165) is 28.8 Å². The summed E-state index contributed by atoms with van der Waals surface area (Å²) < 4.78 is 92.7. The Balaban J connectivity index is 2.23. The van der Waals surface area contributed by atoms with Gasteiger partial charge in [0.15, 0.2) is 11.5 Å². The molecule has 0 saturated carbocycles. The molecule has 2 aromatic carbocycles. The third-order valence-corrected chi connectivity index (χ3v) is 5.32. The van der Waals surface area contributed by atoms with Crippen molar-refractivity contribution in [2.75, 3.05) is 20.8 Å². The first-order valence-corrected chi connectivity index (χ1v) is 10.6. The number of halogens is 8. The number of urea groups is 1. The van der Waals surface area contributed by atoms with Crippen LogP contribution in [-0.2, 0) is 6.42 Å². The quantitative estimate of drug-likeness (QED) is 0.309. The molecule has 36 heavy (non-hydrogen) atoms. The van der Waals surface area contributed by atoms with Crippen LogP contribution in [0.1, 0.15) is 15.9 Å². The molecule has 15 heteroatoms. The normalized spacial score (nSPS) is 12.1. The summed E-state index contributed by atoms with van der Waals surface area (Å²) in [7, 11) is 2.77. The zero-order valence-corrected chi connectivity index (χ0v) is 20.0. The number of benzene rings is 2. The van der Waals surface area contributed by atoms with Crippen molar-refractivity contribution >= 4 is 35.1 Å². The average Bonchev–Trinajstić information content (AvgIpc) is 2.76. The Bertz CT molecular complexity index is 1100. The van der Waals surface area contributed by atoms with E-state index in [4.69, 9.17) is 32.7 Å². The summed E-state index contributed by atoms with van der Waals surface area (Å²) in [6.07, 6.45) is -12.4. The Labute approximate surface area is 211 Å². The molecule has 7 nitrogen and oxygen atoms in total. The summed E-state index contributed by atoms with van der Waals surface area (Å²) in [5.41, 5.74) is -5.32. The molecule has 3 amide bonds. The van der Waals surface area contributed by atoms with E-state index in [1.807, 2.05) is 5.32 Å². The minimum atomic E-state index is -6.19. The van der Waals surface area contributed by atoms with Crippen molar-refractivity contribution in [3.05, 3.63) is 57.6 Å². The molecule has 0 radical (unpaired) electrons. The Morgan fingerprint density at radius 3 is 2.00 bits per heavy atom. The monoisotopic (exact) mass is 561 g/mol. The van der Waals surface area contributed by atoms with E-state index in [1.165, 1.54) is 26.4 Å². The lowest BCUT2D eigenvalue weighted by Gasteiger charge is -2.38. The summed E-state index contributed by atoms with van der Waals surface area (Å²) in [5.74, 6) is -1.13. The predicted molar refractivity (Wildman–Crippen MR) is 119 cm³/mol. The lowest BCUT2D eigenvalue weighted by atomic mass is 10.1. The largest absolute Gasteiger partial charge is 0.493 e. The van der Waals surface area contributed by atoms with Crippen molar-refractivity contribution in [1.82, 2.24) is 16.0 Å². The zero-order valence-electron chi connectivity index (χ0n) is 18.5. The van der Waals surface area contributed by atoms with Crippen LogP contribution in [0.2, 0.25) is 10.0 Å². The third kappa shape index (κ3) is 6.58. The first-order chi connectivity index (χ1) is 16.6. The van der Waals surface area contributed by atoms with Crippen molar-refractivity contribution in [3.63, 3.8) is 0 Å². The van der Waals surface area contributed by atoms with Crippen LogP contribution in [0.15, 0.2) is 36.4 Å². The predicted octanol–water partition coefficient (Wildman–Crippen LogP) is 5.10. The molecule has 0 aliphatic carbocycles. The van der Waals surface area contributed by atoms with Crippen LogP contribution in [-0.4, -0.2) is 50.7 Å².